The molecule has 1 nitrogen and oxygen atoms in total. The maximum Gasteiger partial charge on any atom is 2.00 e. The molecule has 6 heteroatoms. The van der Waals surface area contributed by atoms with E-state index < -0.39 is 16.5 Å². The molecule has 0 N–H and O–H groups in total. The molecular weight excluding hydrogens is 310 g/mol. The molecule has 100 valence electrons. The second-order valence-corrected chi connectivity index (χ2v) is 16.0. The van der Waals surface area contributed by atoms with Crippen molar-refractivity contribution >= 4 is 45.2 Å². The van der Waals surface area contributed by atoms with Crippen LogP contribution in [0.4, 0.5) is 5.69 Å². The van der Waals surface area contributed by atoms with E-state index in [9.17, 15) is 0 Å². The largest absolute Gasteiger partial charge is 2.00 e. The molecule has 1 aromatic rings. The zero-order valence-corrected chi connectivity index (χ0v) is 17.2. The summed E-state index contributed by atoms with van der Waals surface area (Å²) in [6.07, 6.45) is 0. The molecule has 0 saturated carbocycles. The fraction of sp³-hybridized carbons (Fsp3) is 0.500. The van der Waals surface area contributed by atoms with Crippen LogP contribution < -0.4 is 29.0 Å². The quantitative estimate of drug-likeness (QED) is 0.568. The van der Waals surface area contributed by atoms with Crippen molar-refractivity contribution < 1.29 is 24.8 Å². The van der Waals surface area contributed by atoms with Gasteiger partial charge in [-0.2, -0.15) is 0 Å². The Morgan fingerprint density at radius 3 is 1.33 bits per heavy atom. The average Bonchev–Trinajstić information content (AvgIpc) is 2.00. The molecule has 0 saturated heterocycles. The third-order valence-electron chi connectivity index (χ3n) is 2.36. The van der Waals surface area contributed by atoms with Gasteiger partial charge < -0.3 is 29.0 Å². The minimum Gasteiger partial charge on any atom is -1.00 e. The molecule has 0 aliphatic rings. The predicted octanol–water partition coefficient (Wildman–Crippen LogP) is -2.21. The number of hydrogen-bond acceptors (Lipinski definition) is 1. The second-order valence-electron chi connectivity index (χ2n) is 6.01. The van der Waals surface area contributed by atoms with E-state index in [1.807, 2.05) is 0 Å². The molecule has 0 aromatic heterocycles. The third kappa shape index (κ3) is 6.82. The first kappa shape index (κ1) is 23.9. The number of benzene rings is 1. The van der Waals surface area contributed by atoms with E-state index in [1.54, 1.807) is 0 Å². The number of nitrogens with zero attached hydrogens (tertiary/aromatic N) is 1. The van der Waals surface area contributed by atoms with Gasteiger partial charge in [0.05, 0.1) is 0 Å². The summed E-state index contributed by atoms with van der Waals surface area (Å²) in [5, 5.41) is 0. The first-order valence-corrected chi connectivity index (χ1v) is 12.5. The van der Waals surface area contributed by atoms with E-state index in [1.165, 1.54) is 5.69 Å². The van der Waals surface area contributed by atoms with Gasteiger partial charge in [-0.15, -0.1) is 0 Å². The molecule has 0 heterocycles. The summed E-state index contributed by atoms with van der Waals surface area (Å²) < 4.78 is 2.74. The van der Waals surface area contributed by atoms with Crippen molar-refractivity contribution in [1.29, 1.82) is 0 Å². The Bertz CT molecular complexity index is 309. The van der Waals surface area contributed by atoms with Crippen LogP contribution in [0.3, 0.4) is 0 Å². The average molecular weight is 333 g/mol. The number of hydrogen-bond donors (Lipinski definition) is 0. The van der Waals surface area contributed by atoms with E-state index in [0.717, 1.165) is 0 Å². The van der Waals surface area contributed by atoms with Crippen LogP contribution in [0.5, 0.6) is 0 Å². The fourth-order valence-electron chi connectivity index (χ4n) is 2.36. The van der Waals surface area contributed by atoms with Crippen molar-refractivity contribution in [3.8, 4) is 0 Å². The van der Waals surface area contributed by atoms with E-state index in [4.69, 9.17) is 0 Å². The van der Waals surface area contributed by atoms with Crippen molar-refractivity contribution in [2.45, 2.75) is 39.3 Å². The number of rotatable bonds is 3. The molecule has 0 fully saturated rings. The molecule has 0 amide bonds. The van der Waals surface area contributed by atoms with Gasteiger partial charge in [-0.3, -0.25) is 0 Å². The summed E-state index contributed by atoms with van der Waals surface area (Å²) in [6, 6.07) is 10.9. The Kier molecular flexibility index (Phi) is 11.8. The van der Waals surface area contributed by atoms with E-state index in [2.05, 4.69) is 73.8 Å². The van der Waals surface area contributed by atoms with Crippen LogP contribution in [0.25, 0.3) is 0 Å². The molecule has 0 aliphatic carbocycles. The molecule has 0 spiro atoms. The van der Waals surface area contributed by atoms with Gasteiger partial charge in [0, 0.05) is 5.69 Å². The normalized spacial score (nSPS) is 10.6. The maximum atomic E-state index is 2.74. The number of halogens is 2. The SMILES string of the molecule is C[Si](C)(C)N(c1ccccc1)[Si](C)(C)C.[Cl-].[Cl-].[Mg+2]. The maximum absolute atomic E-state index is 2.74. The number of anilines is 1. The van der Waals surface area contributed by atoms with Gasteiger partial charge in [0.1, 0.15) is 16.5 Å². The predicted molar refractivity (Wildman–Crippen MR) is 81.4 cm³/mol. The van der Waals surface area contributed by atoms with Crippen molar-refractivity contribution in [1.82, 2.24) is 0 Å². The van der Waals surface area contributed by atoms with Gasteiger partial charge in [0.15, 0.2) is 0 Å². The molecule has 0 bridgehead atoms. The van der Waals surface area contributed by atoms with Gasteiger partial charge >= 0.3 is 23.1 Å². The molecule has 1 aromatic carbocycles. The molecule has 18 heavy (non-hydrogen) atoms. The second kappa shape index (κ2) is 8.87. The first-order chi connectivity index (χ1) is 6.73. The van der Waals surface area contributed by atoms with Crippen LogP contribution in [0.1, 0.15) is 0 Å². The number of para-hydroxylation sites is 1. The zero-order chi connectivity index (χ0) is 11.7. The summed E-state index contributed by atoms with van der Waals surface area (Å²) in [4.78, 5) is 0. The summed E-state index contributed by atoms with van der Waals surface area (Å²) in [7, 11) is -2.54. The van der Waals surface area contributed by atoms with Gasteiger partial charge in [-0.05, 0) is 12.1 Å². The van der Waals surface area contributed by atoms with Crippen LogP contribution in [-0.2, 0) is 0 Å². The minimum absolute atomic E-state index is 0. The van der Waals surface area contributed by atoms with Crippen LogP contribution in [0.15, 0.2) is 30.3 Å². The Balaban J connectivity index is -0.000000750. The first-order valence-electron chi connectivity index (χ1n) is 5.58. The van der Waals surface area contributed by atoms with E-state index >= 15 is 0 Å². The van der Waals surface area contributed by atoms with Crippen LogP contribution in [-0.4, -0.2) is 39.5 Å². The third-order valence-corrected chi connectivity index (χ3v) is 9.58. The summed E-state index contributed by atoms with van der Waals surface area (Å²) >= 11 is 0. The van der Waals surface area contributed by atoms with Crippen molar-refractivity contribution in [3.05, 3.63) is 30.3 Å². The van der Waals surface area contributed by atoms with Crippen molar-refractivity contribution in [2.75, 3.05) is 4.23 Å². The smallest absolute Gasteiger partial charge is 1.00 e. The Morgan fingerprint density at radius 1 is 0.722 bits per heavy atom. The molecule has 0 aliphatic heterocycles. The minimum atomic E-state index is -1.27. The molecule has 0 unspecified atom stereocenters. The fourth-order valence-corrected chi connectivity index (χ4v) is 12.3. The molecule has 1 rings (SSSR count). The van der Waals surface area contributed by atoms with Crippen LogP contribution in [0, 0.1) is 0 Å². The summed E-state index contributed by atoms with van der Waals surface area (Å²) in [5.74, 6) is 0. The Morgan fingerprint density at radius 2 is 1.06 bits per heavy atom. The van der Waals surface area contributed by atoms with Crippen molar-refractivity contribution in [2.24, 2.45) is 0 Å². The molecular formula is C12H23Cl2MgNSi2. The van der Waals surface area contributed by atoms with E-state index in [-0.39, 0.29) is 47.9 Å². The summed E-state index contributed by atoms with van der Waals surface area (Å²) in [6.45, 7) is 14.6. The molecule has 0 atom stereocenters. The standard InChI is InChI=1S/C12H23NSi2.2ClH.Mg/c1-14(2,3)13(15(4,5)6)12-10-8-7-9-11-12;;;/h7-11H,1-6H3;2*1H;/q;;;+2/p-2. The van der Waals surface area contributed by atoms with E-state index in [0.29, 0.717) is 0 Å². The monoisotopic (exact) mass is 331 g/mol. The van der Waals surface area contributed by atoms with Gasteiger partial charge in [0.25, 0.3) is 0 Å². The van der Waals surface area contributed by atoms with Gasteiger partial charge in [-0.25, -0.2) is 0 Å². The van der Waals surface area contributed by atoms with Crippen LogP contribution >= 0.6 is 0 Å². The Labute approximate surface area is 143 Å². The zero-order valence-electron chi connectivity index (χ0n) is 12.3. The Hall–Kier alpha value is 0.800. The molecule has 0 radical (unpaired) electrons. The van der Waals surface area contributed by atoms with Crippen molar-refractivity contribution in [3.63, 3.8) is 0 Å². The summed E-state index contributed by atoms with van der Waals surface area (Å²) in [5.41, 5.74) is 1.41. The van der Waals surface area contributed by atoms with Gasteiger partial charge in [-0.1, -0.05) is 57.5 Å². The van der Waals surface area contributed by atoms with Gasteiger partial charge in [0.2, 0.25) is 0 Å². The van der Waals surface area contributed by atoms with Crippen LogP contribution in [0.2, 0.25) is 39.3 Å². The topological polar surface area (TPSA) is 3.24 Å².